The Balaban J connectivity index is 1.61. The van der Waals surface area contributed by atoms with Gasteiger partial charge in [0.2, 0.25) is 11.8 Å². The number of likely N-dealkylation sites (tertiary alicyclic amines) is 2. The van der Waals surface area contributed by atoms with Gasteiger partial charge < -0.3 is 9.80 Å². The lowest BCUT2D eigenvalue weighted by Gasteiger charge is -2.35. The fourth-order valence-electron chi connectivity index (χ4n) is 4.86. The van der Waals surface area contributed by atoms with Gasteiger partial charge in [-0.2, -0.15) is 0 Å². The molecule has 1 saturated carbocycles. The molecule has 3 aliphatic rings. The van der Waals surface area contributed by atoms with E-state index in [0.717, 1.165) is 19.5 Å². The van der Waals surface area contributed by atoms with Gasteiger partial charge in [0.1, 0.15) is 0 Å². The summed E-state index contributed by atoms with van der Waals surface area (Å²) in [6.07, 6.45) is 9.34. The molecule has 2 aliphatic heterocycles. The van der Waals surface area contributed by atoms with Gasteiger partial charge in [-0.3, -0.25) is 9.59 Å². The third kappa shape index (κ3) is 3.72. The molecular formula is C19H32N2O2. The third-order valence-corrected chi connectivity index (χ3v) is 5.93. The lowest BCUT2D eigenvalue weighted by Crippen LogP contribution is -2.44. The Kier molecular flexibility index (Phi) is 5.27. The predicted octanol–water partition coefficient (Wildman–Crippen LogP) is 3.06. The summed E-state index contributed by atoms with van der Waals surface area (Å²) >= 11 is 0. The van der Waals surface area contributed by atoms with Crippen LogP contribution in [0.15, 0.2) is 0 Å². The zero-order chi connectivity index (χ0) is 16.4. The molecule has 2 unspecified atom stereocenters. The number of hydrogen-bond acceptors (Lipinski definition) is 2. The monoisotopic (exact) mass is 320 g/mol. The first-order valence-corrected chi connectivity index (χ1v) is 9.64. The lowest BCUT2D eigenvalue weighted by atomic mass is 9.82. The van der Waals surface area contributed by atoms with Crippen molar-refractivity contribution in [3.05, 3.63) is 0 Å². The van der Waals surface area contributed by atoms with Crippen molar-refractivity contribution in [2.24, 2.45) is 17.8 Å². The Labute approximate surface area is 140 Å². The molecule has 0 aromatic rings. The predicted molar refractivity (Wildman–Crippen MR) is 90.8 cm³/mol. The van der Waals surface area contributed by atoms with Crippen LogP contribution >= 0.6 is 0 Å². The van der Waals surface area contributed by atoms with Crippen molar-refractivity contribution in [1.29, 1.82) is 0 Å². The SMILES string of the molecule is CC(C)CN1CC(C(=O)N2CCCC2C2CCCCC2)CC1=O. The van der Waals surface area contributed by atoms with Crippen LogP contribution in [0.5, 0.6) is 0 Å². The van der Waals surface area contributed by atoms with Crippen LogP contribution in [-0.4, -0.2) is 47.3 Å². The van der Waals surface area contributed by atoms with Gasteiger partial charge in [-0.1, -0.05) is 33.1 Å². The summed E-state index contributed by atoms with van der Waals surface area (Å²) in [5, 5.41) is 0. The van der Waals surface area contributed by atoms with Gasteiger partial charge in [0.25, 0.3) is 0 Å². The van der Waals surface area contributed by atoms with Crippen LogP contribution in [0.4, 0.5) is 0 Å². The highest BCUT2D eigenvalue weighted by Gasteiger charge is 2.41. The van der Waals surface area contributed by atoms with Gasteiger partial charge >= 0.3 is 0 Å². The third-order valence-electron chi connectivity index (χ3n) is 5.93. The van der Waals surface area contributed by atoms with Gasteiger partial charge in [-0.05, 0) is 37.5 Å². The normalized spacial score (nSPS) is 29.8. The fourth-order valence-corrected chi connectivity index (χ4v) is 4.86. The van der Waals surface area contributed by atoms with E-state index < -0.39 is 0 Å². The minimum absolute atomic E-state index is 0.0922. The van der Waals surface area contributed by atoms with E-state index in [9.17, 15) is 9.59 Å². The van der Waals surface area contributed by atoms with Crippen LogP contribution in [-0.2, 0) is 9.59 Å². The van der Waals surface area contributed by atoms with Crippen LogP contribution in [0.25, 0.3) is 0 Å². The smallest absolute Gasteiger partial charge is 0.228 e. The lowest BCUT2D eigenvalue weighted by molar-refractivity contribution is -0.137. The summed E-state index contributed by atoms with van der Waals surface area (Å²) < 4.78 is 0. The minimum Gasteiger partial charge on any atom is -0.342 e. The molecule has 4 heteroatoms. The summed E-state index contributed by atoms with van der Waals surface area (Å²) in [5.41, 5.74) is 0. The summed E-state index contributed by atoms with van der Waals surface area (Å²) in [5.74, 6) is 1.52. The van der Waals surface area contributed by atoms with E-state index >= 15 is 0 Å². The maximum atomic E-state index is 13.0. The molecule has 2 atom stereocenters. The van der Waals surface area contributed by atoms with E-state index in [4.69, 9.17) is 0 Å². The Morgan fingerprint density at radius 1 is 1.13 bits per heavy atom. The largest absolute Gasteiger partial charge is 0.342 e. The Morgan fingerprint density at radius 3 is 2.57 bits per heavy atom. The van der Waals surface area contributed by atoms with E-state index in [0.29, 0.717) is 30.8 Å². The quantitative estimate of drug-likeness (QED) is 0.799. The topological polar surface area (TPSA) is 40.6 Å². The van der Waals surface area contributed by atoms with Crippen LogP contribution in [0.3, 0.4) is 0 Å². The van der Waals surface area contributed by atoms with Crippen molar-refractivity contribution in [2.75, 3.05) is 19.6 Å². The molecule has 3 fully saturated rings. The van der Waals surface area contributed by atoms with Gasteiger partial charge in [0, 0.05) is 32.1 Å². The average Bonchev–Trinajstić information content (AvgIpc) is 3.15. The van der Waals surface area contributed by atoms with Crippen molar-refractivity contribution >= 4 is 11.8 Å². The highest BCUT2D eigenvalue weighted by Crippen LogP contribution is 2.35. The van der Waals surface area contributed by atoms with Crippen molar-refractivity contribution in [3.63, 3.8) is 0 Å². The molecule has 2 heterocycles. The number of amides is 2. The van der Waals surface area contributed by atoms with E-state index in [-0.39, 0.29) is 17.7 Å². The van der Waals surface area contributed by atoms with Gasteiger partial charge in [-0.25, -0.2) is 0 Å². The molecule has 1 aliphatic carbocycles. The van der Waals surface area contributed by atoms with Crippen molar-refractivity contribution < 1.29 is 9.59 Å². The molecule has 0 spiro atoms. The maximum absolute atomic E-state index is 13.0. The van der Waals surface area contributed by atoms with E-state index in [1.54, 1.807) is 0 Å². The summed E-state index contributed by atoms with van der Waals surface area (Å²) in [7, 11) is 0. The maximum Gasteiger partial charge on any atom is 0.228 e. The molecule has 23 heavy (non-hydrogen) atoms. The molecule has 130 valence electrons. The zero-order valence-corrected chi connectivity index (χ0v) is 14.8. The molecule has 3 rings (SSSR count). The summed E-state index contributed by atoms with van der Waals surface area (Å²) in [6.45, 7) is 6.59. The van der Waals surface area contributed by atoms with Gasteiger partial charge in [-0.15, -0.1) is 0 Å². The first-order valence-electron chi connectivity index (χ1n) is 9.64. The highest BCUT2D eigenvalue weighted by atomic mass is 16.2. The summed E-state index contributed by atoms with van der Waals surface area (Å²) in [6, 6.07) is 0.456. The Hall–Kier alpha value is -1.06. The molecule has 0 aromatic heterocycles. The number of carbonyl (C=O) groups is 2. The van der Waals surface area contributed by atoms with Crippen LogP contribution in [0, 0.1) is 17.8 Å². The fraction of sp³-hybridized carbons (Fsp3) is 0.895. The van der Waals surface area contributed by atoms with Crippen molar-refractivity contribution in [2.45, 2.75) is 71.3 Å². The molecule has 0 bridgehead atoms. The first kappa shape index (κ1) is 16.8. The van der Waals surface area contributed by atoms with E-state index in [1.807, 2.05) is 4.90 Å². The van der Waals surface area contributed by atoms with Crippen molar-refractivity contribution in [1.82, 2.24) is 9.80 Å². The number of hydrogen-bond donors (Lipinski definition) is 0. The van der Waals surface area contributed by atoms with Gasteiger partial charge in [0.05, 0.1) is 5.92 Å². The number of rotatable bonds is 4. The van der Waals surface area contributed by atoms with Crippen LogP contribution < -0.4 is 0 Å². The molecule has 2 saturated heterocycles. The molecule has 4 nitrogen and oxygen atoms in total. The van der Waals surface area contributed by atoms with Crippen LogP contribution in [0.1, 0.15) is 65.2 Å². The standard InChI is InChI=1S/C19H32N2O2/c1-14(2)12-20-13-16(11-18(20)22)19(23)21-10-6-9-17(21)15-7-4-3-5-8-15/h14-17H,3-13H2,1-2H3. The number of nitrogens with zero attached hydrogens (tertiary/aromatic N) is 2. The highest BCUT2D eigenvalue weighted by molar-refractivity contribution is 5.89. The minimum atomic E-state index is -0.0922. The van der Waals surface area contributed by atoms with E-state index in [2.05, 4.69) is 18.7 Å². The van der Waals surface area contributed by atoms with Crippen LogP contribution in [0.2, 0.25) is 0 Å². The number of carbonyl (C=O) groups excluding carboxylic acids is 2. The molecule has 2 amide bonds. The molecular weight excluding hydrogens is 288 g/mol. The Morgan fingerprint density at radius 2 is 1.87 bits per heavy atom. The second-order valence-electron chi connectivity index (χ2n) is 8.23. The molecule has 0 aromatic carbocycles. The Bertz CT molecular complexity index is 443. The second-order valence-corrected chi connectivity index (χ2v) is 8.23. The average molecular weight is 320 g/mol. The zero-order valence-electron chi connectivity index (χ0n) is 14.8. The summed E-state index contributed by atoms with van der Waals surface area (Å²) in [4.78, 5) is 29.3. The van der Waals surface area contributed by atoms with Gasteiger partial charge in [0.15, 0.2) is 0 Å². The molecule has 0 N–H and O–H groups in total. The van der Waals surface area contributed by atoms with E-state index in [1.165, 1.54) is 38.5 Å². The van der Waals surface area contributed by atoms with Crippen molar-refractivity contribution in [3.8, 4) is 0 Å². The second kappa shape index (κ2) is 7.23. The first-order chi connectivity index (χ1) is 11.1. The molecule has 0 radical (unpaired) electrons.